The summed E-state index contributed by atoms with van der Waals surface area (Å²) in [6.45, 7) is 8.90. The van der Waals surface area contributed by atoms with Crippen LogP contribution in [0.1, 0.15) is 41.0 Å². The summed E-state index contributed by atoms with van der Waals surface area (Å²) >= 11 is 0. The summed E-state index contributed by atoms with van der Waals surface area (Å²) in [6, 6.07) is -0.959. The van der Waals surface area contributed by atoms with Gasteiger partial charge in [-0.15, -0.1) is 0 Å². The van der Waals surface area contributed by atoms with E-state index in [1.807, 2.05) is 13.8 Å². The highest BCUT2D eigenvalue weighted by Gasteiger charge is 2.22. The Morgan fingerprint density at radius 1 is 1.35 bits per heavy atom. The van der Waals surface area contributed by atoms with Crippen LogP contribution in [0.4, 0.5) is 4.79 Å². The van der Waals surface area contributed by atoms with Crippen molar-refractivity contribution in [2.24, 2.45) is 0 Å². The lowest BCUT2D eigenvalue weighted by atomic mass is 10.1. The highest BCUT2D eigenvalue weighted by Crippen LogP contribution is 2.07. The van der Waals surface area contributed by atoms with Crippen LogP contribution in [0.25, 0.3) is 0 Å². The average molecular weight is 243 g/mol. The lowest BCUT2D eigenvalue weighted by Crippen LogP contribution is -2.43. The standard InChI is InChI=1S/C12H21NO4/c1-8(2)6-7-9(10(14)15)13-11(16)17-12(3,4)5/h6,9H,7H2,1-5H3,(H,13,16)(H,14,15)/t9-/m1/s1. The van der Waals surface area contributed by atoms with Crippen LogP contribution in [0, 0.1) is 0 Å². The molecule has 0 radical (unpaired) electrons. The molecule has 0 saturated heterocycles. The number of ether oxygens (including phenoxy) is 1. The molecule has 17 heavy (non-hydrogen) atoms. The van der Waals surface area contributed by atoms with Crippen molar-refractivity contribution in [1.29, 1.82) is 0 Å². The fourth-order valence-electron chi connectivity index (χ4n) is 1.02. The first-order valence-electron chi connectivity index (χ1n) is 5.47. The van der Waals surface area contributed by atoms with Gasteiger partial charge in [0.2, 0.25) is 0 Å². The van der Waals surface area contributed by atoms with Gasteiger partial charge in [-0.05, 0) is 41.0 Å². The van der Waals surface area contributed by atoms with Crippen LogP contribution < -0.4 is 5.32 Å². The lowest BCUT2D eigenvalue weighted by Gasteiger charge is -2.21. The Bertz CT molecular complexity index is 311. The number of carboxylic acids is 1. The fourth-order valence-corrected chi connectivity index (χ4v) is 1.02. The van der Waals surface area contributed by atoms with Gasteiger partial charge < -0.3 is 15.2 Å². The van der Waals surface area contributed by atoms with E-state index in [9.17, 15) is 9.59 Å². The van der Waals surface area contributed by atoms with Gasteiger partial charge in [0.25, 0.3) is 0 Å². The molecule has 0 aromatic rings. The maximum Gasteiger partial charge on any atom is 0.408 e. The summed E-state index contributed by atoms with van der Waals surface area (Å²) in [5, 5.41) is 11.3. The maximum atomic E-state index is 11.4. The van der Waals surface area contributed by atoms with E-state index in [0.717, 1.165) is 5.57 Å². The van der Waals surface area contributed by atoms with Crippen LogP contribution in [0.5, 0.6) is 0 Å². The molecule has 0 aliphatic rings. The molecule has 2 N–H and O–H groups in total. The van der Waals surface area contributed by atoms with Crippen molar-refractivity contribution < 1.29 is 19.4 Å². The zero-order valence-corrected chi connectivity index (χ0v) is 11.0. The Morgan fingerprint density at radius 2 is 1.88 bits per heavy atom. The molecule has 0 bridgehead atoms. The van der Waals surface area contributed by atoms with E-state index in [0.29, 0.717) is 0 Å². The van der Waals surface area contributed by atoms with Gasteiger partial charge in [-0.1, -0.05) is 11.6 Å². The maximum absolute atomic E-state index is 11.4. The van der Waals surface area contributed by atoms with E-state index in [1.165, 1.54) is 0 Å². The van der Waals surface area contributed by atoms with Crippen LogP contribution in [-0.2, 0) is 9.53 Å². The molecule has 1 amide bonds. The summed E-state index contributed by atoms with van der Waals surface area (Å²) in [5.41, 5.74) is 0.367. The topological polar surface area (TPSA) is 75.6 Å². The summed E-state index contributed by atoms with van der Waals surface area (Å²) in [7, 11) is 0. The predicted octanol–water partition coefficient (Wildman–Crippen LogP) is 2.32. The second kappa shape index (κ2) is 6.27. The number of carboxylic acid groups (broad SMARTS) is 1. The second-order valence-electron chi connectivity index (χ2n) is 5.05. The molecule has 98 valence electrons. The Kier molecular flexibility index (Phi) is 5.71. The summed E-state index contributed by atoms with van der Waals surface area (Å²) < 4.78 is 4.99. The van der Waals surface area contributed by atoms with Gasteiger partial charge in [0, 0.05) is 0 Å². The second-order valence-corrected chi connectivity index (χ2v) is 5.05. The molecule has 5 heteroatoms. The molecule has 0 aliphatic heterocycles. The van der Waals surface area contributed by atoms with Crippen molar-refractivity contribution in [2.45, 2.75) is 52.7 Å². The Hall–Kier alpha value is -1.52. The highest BCUT2D eigenvalue weighted by atomic mass is 16.6. The predicted molar refractivity (Wildman–Crippen MR) is 64.8 cm³/mol. The quantitative estimate of drug-likeness (QED) is 0.743. The van der Waals surface area contributed by atoms with E-state index in [1.54, 1.807) is 26.8 Å². The van der Waals surface area contributed by atoms with Gasteiger partial charge in [-0.2, -0.15) is 0 Å². The van der Waals surface area contributed by atoms with Crippen molar-refractivity contribution in [3.05, 3.63) is 11.6 Å². The number of carbonyl (C=O) groups is 2. The number of amides is 1. The molecule has 0 fully saturated rings. The van der Waals surface area contributed by atoms with Gasteiger partial charge in [0.05, 0.1) is 0 Å². The SMILES string of the molecule is CC(C)=CC[C@@H](NC(=O)OC(C)(C)C)C(=O)O. The largest absolute Gasteiger partial charge is 0.480 e. The zero-order valence-electron chi connectivity index (χ0n) is 11.0. The van der Waals surface area contributed by atoms with Crippen LogP contribution in [-0.4, -0.2) is 28.8 Å². The molecular formula is C12H21NO4. The van der Waals surface area contributed by atoms with Gasteiger partial charge in [-0.3, -0.25) is 0 Å². The summed E-state index contributed by atoms with van der Waals surface area (Å²) in [5.74, 6) is -1.08. The molecule has 0 rings (SSSR count). The monoisotopic (exact) mass is 243 g/mol. The highest BCUT2D eigenvalue weighted by molar-refractivity contribution is 5.80. The number of allylic oxidation sites excluding steroid dienone is 1. The van der Waals surface area contributed by atoms with Gasteiger partial charge in [0.15, 0.2) is 0 Å². The first-order chi connectivity index (χ1) is 7.61. The number of rotatable bonds is 4. The molecule has 0 saturated carbocycles. The van der Waals surface area contributed by atoms with Crippen molar-refractivity contribution in [3.63, 3.8) is 0 Å². The van der Waals surface area contributed by atoms with Crippen LogP contribution in [0.3, 0.4) is 0 Å². The number of hydrogen-bond donors (Lipinski definition) is 2. The average Bonchev–Trinajstić information content (AvgIpc) is 2.08. The van der Waals surface area contributed by atoms with Crippen molar-refractivity contribution in [1.82, 2.24) is 5.32 Å². The number of carbonyl (C=O) groups excluding carboxylic acids is 1. The Labute approximate surface area is 102 Å². The van der Waals surface area contributed by atoms with E-state index < -0.39 is 23.7 Å². The van der Waals surface area contributed by atoms with E-state index in [2.05, 4.69) is 5.32 Å². The third kappa shape index (κ3) is 8.30. The van der Waals surface area contributed by atoms with Gasteiger partial charge >= 0.3 is 12.1 Å². The Balaban J connectivity index is 4.41. The first-order valence-corrected chi connectivity index (χ1v) is 5.47. The molecule has 5 nitrogen and oxygen atoms in total. The minimum atomic E-state index is -1.08. The molecule has 0 heterocycles. The van der Waals surface area contributed by atoms with Crippen molar-refractivity contribution in [3.8, 4) is 0 Å². The third-order valence-electron chi connectivity index (χ3n) is 1.75. The summed E-state index contributed by atoms with van der Waals surface area (Å²) in [6.07, 6.45) is 1.29. The van der Waals surface area contributed by atoms with Crippen molar-refractivity contribution in [2.75, 3.05) is 0 Å². The molecule has 0 unspecified atom stereocenters. The normalized spacial score (nSPS) is 12.5. The first kappa shape index (κ1) is 15.5. The van der Waals surface area contributed by atoms with Crippen LogP contribution in [0.2, 0.25) is 0 Å². The fraction of sp³-hybridized carbons (Fsp3) is 0.667. The smallest absolute Gasteiger partial charge is 0.408 e. The van der Waals surface area contributed by atoms with Gasteiger partial charge in [0.1, 0.15) is 11.6 Å². The number of hydrogen-bond acceptors (Lipinski definition) is 3. The minimum Gasteiger partial charge on any atom is -0.480 e. The molecule has 0 aromatic carbocycles. The number of nitrogens with one attached hydrogen (secondary N) is 1. The zero-order chi connectivity index (χ0) is 13.6. The molecule has 0 aromatic heterocycles. The molecule has 1 atom stereocenters. The van der Waals surface area contributed by atoms with E-state index in [-0.39, 0.29) is 6.42 Å². The summed E-state index contributed by atoms with van der Waals surface area (Å²) in [4.78, 5) is 22.3. The molecule has 0 spiro atoms. The third-order valence-corrected chi connectivity index (χ3v) is 1.75. The Morgan fingerprint density at radius 3 is 2.24 bits per heavy atom. The lowest BCUT2D eigenvalue weighted by molar-refractivity contribution is -0.139. The molecule has 0 aliphatic carbocycles. The van der Waals surface area contributed by atoms with Crippen LogP contribution in [0.15, 0.2) is 11.6 Å². The number of aliphatic carboxylic acids is 1. The van der Waals surface area contributed by atoms with E-state index >= 15 is 0 Å². The van der Waals surface area contributed by atoms with Crippen LogP contribution >= 0.6 is 0 Å². The van der Waals surface area contributed by atoms with E-state index in [4.69, 9.17) is 9.84 Å². The van der Waals surface area contributed by atoms with Gasteiger partial charge in [-0.25, -0.2) is 9.59 Å². The molecular weight excluding hydrogens is 222 g/mol. The number of alkyl carbamates (subject to hydrolysis) is 1. The van der Waals surface area contributed by atoms with Crippen molar-refractivity contribution >= 4 is 12.1 Å². The minimum absolute atomic E-state index is 0.247.